The summed E-state index contributed by atoms with van der Waals surface area (Å²) >= 11 is 0. The zero-order valence-corrected chi connectivity index (χ0v) is 35.8. The van der Waals surface area contributed by atoms with Crippen LogP contribution in [0.5, 0.6) is 0 Å². The summed E-state index contributed by atoms with van der Waals surface area (Å²) in [6.07, 6.45) is 0. The van der Waals surface area contributed by atoms with Crippen LogP contribution in [0, 0.1) is 10.7 Å². The Balaban J connectivity index is 0.000000809. The Kier molecular flexibility index (Phi) is 17.1. The van der Waals surface area contributed by atoms with Crippen LogP contribution in [0.15, 0.2) is 194 Å². The van der Waals surface area contributed by atoms with Gasteiger partial charge in [-0.3, -0.25) is 8.19 Å². The molecule has 0 radical (unpaired) electrons. The van der Waals surface area contributed by atoms with Crippen molar-refractivity contribution in [3.8, 4) is 0 Å². The molecule has 0 saturated heterocycles. The summed E-state index contributed by atoms with van der Waals surface area (Å²) in [6.45, 7) is 0. The molecule has 1 unspecified atom stereocenters. The minimum absolute atomic E-state index is 0. The Labute approximate surface area is 336 Å². The summed E-state index contributed by atoms with van der Waals surface area (Å²) in [6, 6.07) is 54.7. The molecule has 7 rings (SSSR count). The van der Waals surface area contributed by atoms with Gasteiger partial charge in [-0.05, 0) is 31.8 Å². The molecule has 0 aliphatic carbocycles. The van der Waals surface area contributed by atoms with Crippen molar-refractivity contribution in [2.75, 3.05) is 0 Å². The maximum atomic E-state index is 16.5. The second kappa shape index (κ2) is 20.2. The van der Waals surface area contributed by atoms with E-state index in [9.17, 15) is 0 Å². The van der Waals surface area contributed by atoms with Crippen molar-refractivity contribution in [1.29, 1.82) is 0 Å². The van der Waals surface area contributed by atoms with Crippen LogP contribution in [-0.2, 0) is 39.9 Å². The van der Waals surface area contributed by atoms with Gasteiger partial charge >= 0.3 is 26.2 Å². The van der Waals surface area contributed by atoms with Gasteiger partial charge in [-0.2, -0.15) is 11.6 Å². The minimum Gasteiger partial charge on any atom is -1.00 e. The molecule has 0 aliphatic rings. The van der Waals surface area contributed by atoms with E-state index in [1.54, 1.807) is 72.8 Å². The molecule has 7 aromatic rings. The van der Waals surface area contributed by atoms with Gasteiger partial charge in [0.2, 0.25) is 0 Å². The SMILES string of the molecule is O=P(c1ccccc1)(c1ccccc1)[C-](P(=O)(c1ccccc1)c1ccccc1)P(=O)(c1ccccc1)c1ccccc1.[Cl-].[Cl-].[Zr+4].[c-]1pcc[pH]1. The molecule has 1 atom stereocenters. The molecule has 1 heterocycles. The fourth-order valence-corrected chi connectivity index (χ4v) is 22.0. The number of halogens is 2. The molecule has 0 bridgehead atoms. The van der Waals surface area contributed by atoms with Crippen LogP contribution < -0.4 is 56.6 Å². The summed E-state index contributed by atoms with van der Waals surface area (Å²) in [7, 11) is -10.0. The molecule has 0 N–H and O–H groups in total. The summed E-state index contributed by atoms with van der Waals surface area (Å²) in [5.74, 6) is 4.25. The molecular weight excluding hydrogens is 845 g/mol. The fraction of sp³-hybridized carbons (Fsp3) is 0. The molecule has 0 fully saturated rings. The van der Waals surface area contributed by atoms with Crippen LogP contribution >= 0.6 is 37.8 Å². The van der Waals surface area contributed by atoms with Crippen molar-refractivity contribution in [3.05, 3.63) is 204 Å². The van der Waals surface area contributed by atoms with Gasteiger partial charge in [0.05, 0.1) is 0 Å². The maximum absolute atomic E-state index is 16.5. The second-order valence-corrected chi connectivity index (χ2v) is 22.1. The van der Waals surface area contributed by atoms with Gasteiger partial charge in [-0.1, -0.05) is 187 Å². The van der Waals surface area contributed by atoms with E-state index in [2.05, 4.69) is 17.1 Å². The molecule has 3 nitrogen and oxygen atoms in total. The predicted octanol–water partition coefficient (Wildman–Crippen LogP) is 3.58. The Bertz CT molecular complexity index is 1790. The molecule has 51 heavy (non-hydrogen) atoms. The second-order valence-electron chi connectivity index (χ2n) is 10.8. The summed E-state index contributed by atoms with van der Waals surface area (Å²) < 4.78 is 49.6. The zero-order valence-electron chi connectivity index (χ0n) is 27.2. The largest absolute Gasteiger partial charge is 4.00 e. The van der Waals surface area contributed by atoms with Gasteiger partial charge in [0.1, 0.15) is 0 Å². The first kappa shape index (κ1) is 43.1. The molecule has 254 valence electrons. The summed E-state index contributed by atoms with van der Waals surface area (Å²) in [4.78, 5) is 0. The topological polar surface area (TPSA) is 51.2 Å². The van der Waals surface area contributed by atoms with Crippen LogP contribution in [0.25, 0.3) is 0 Å². The Hall–Kier alpha value is -2.32. The standard InChI is InChI=1S/C37H30O3P3.C3H3P2.2ClH.Zr/c38-41(31-19-7-1-8-20-31,32-21-9-2-10-22-32)37(42(39,33-23-11-3-12-24-33)34-25-13-4-14-26-34)43(40,35-27-15-5-16-28-35)36-29-17-6-18-30-36;1-2-5-3-4-1;;;/h1-30H;1-2,4H;2*1H;/q2*-1;;;+4/p-2. The van der Waals surface area contributed by atoms with Gasteiger partial charge < -0.3 is 38.5 Å². The minimum atomic E-state index is -4.05. The van der Waals surface area contributed by atoms with Crippen molar-refractivity contribution in [2.45, 2.75) is 0 Å². The van der Waals surface area contributed by atoms with Crippen LogP contribution in [0.1, 0.15) is 0 Å². The average molecular weight is 879 g/mol. The van der Waals surface area contributed by atoms with Crippen LogP contribution in [0.3, 0.4) is 0 Å². The van der Waals surface area contributed by atoms with E-state index < -0.39 is 21.4 Å². The van der Waals surface area contributed by atoms with Gasteiger partial charge in [-0.15, -0.1) is 5.53 Å². The van der Waals surface area contributed by atoms with Gasteiger partial charge in [0.25, 0.3) is 0 Å². The van der Waals surface area contributed by atoms with Gasteiger partial charge in [0.15, 0.2) is 0 Å². The number of hydrogen-bond donors (Lipinski definition) is 0. The van der Waals surface area contributed by atoms with Crippen molar-refractivity contribution < 1.29 is 64.7 Å². The molecule has 11 heteroatoms. The zero-order chi connectivity index (χ0) is 33.3. The Morgan fingerprint density at radius 1 is 0.412 bits per heavy atom. The third kappa shape index (κ3) is 9.08. The third-order valence-electron chi connectivity index (χ3n) is 7.93. The molecule has 0 spiro atoms. The van der Waals surface area contributed by atoms with E-state index in [0.717, 1.165) is 8.19 Å². The van der Waals surface area contributed by atoms with Crippen molar-refractivity contribution >= 4 is 69.6 Å². The molecular formula is C40H33Cl2O3P5Zr. The molecule has 0 amide bonds. The number of rotatable bonds is 9. The first-order chi connectivity index (χ1) is 23.5. The molecule has 1 aromatic heterocycles. The third-order valence-corrected chi connectivity index (χ3v) is 22.8. The summed E-state index contributed by atoms with van der Waals surface area (Å²) in [5.41, 5.74) is 3.11. The van der Waals surface area contributed by atoms with E-state index in [0.29, 0.717) is 31.8 Å². The van der Waals surface area contributed by atoms with E-state index in [1.807, 2.05) is 109 Å². The first-order valence-electron chi connectivity index (χ1n) is 15.4. The molecule has 6 aromatic carbocycles. The van der Waals surface area contributed by atoms with E-state index >= 15 is 13.7 Å². The normalized spacial score (nSPS) is 11.4. The van der Waals surface area contributed by atoms with E-state index in [1.165, 1.54) is 8.19 Å². The summed E-state index contributed by atoms with van der Waals surface area (Å²) in [5, 5.41) is 2.96. The van der Waals surface area contributed by atoms with Gasteiger partial charge in [-0.25, -0.2) is 8.19 Å². The van der Waals surface area contributed by atoms with Crippen LogP contribution in [0.2, 0.25) is 0 Å². The van der Waals surface area contributed by atoms with Crippen molar-refractivity contribution in [1.82, 2.24) is 0 Å². The van der Waals surface area contributed by atoms with E-state index in [-0.39, 0.29) is 56.2 Å². The molecule has 0 aliphatic heterocycles. The predicted molar refractivity (Wildman–Crippen MR) is 210 cm³/mol. The van der Waals surface area contributed by atoms with E-state index in [4.69, 9.17) is 0 Å². The molecule has 0 saturated carbocycles. The van der Waals surface area contributed by atoms with Crippen LogP contribution in [0.4, 0.5) is 0 Å². The first-order valence-corrected chi connectivity index (χ1v) is 22.5. The maximum Gasteiger partial charge on any atom is 4.00 e. The monoisotopic (exact) mass is 876 g/mol. The number of hydrogen-bond acceptors (Lipinski definition) is 3. The fourth-order valence-electron chi connectivity index (χ4n) is 5.75. The smallest absolute Gasteiger partial charge is 1.00 e. The average Bonchev–Trinajstić information content (AvgIpc) is 3.78. The van der Waals surface area contributed by atoms with Crippen molar-refractivity contribution in [2.24, 2.45) is 0 Å². The van der Waals surface area contributed by atoms with Crippen molar-refractivity contribution in [3.63, 3.8) is 0 Å². The van der Waals surface area contributed by atoms with Gasteiger partial charge in [0, 0.05) is 21.4 Å². The van der Waals surface area contributed by atoms with Crippen LogP contribution in [-0.4, -0.2) is 0 Å². The quantitative estimate of drug-likeness (QED) is 0.165. The Morgan fingerprint density at radius 2 is 0.627 bits per heavy atom. The number of benzene rings is 6. The Morgan fingerprint density at radius 3 is 0.765 bits per heavy atom.